The lowest BCUT2D eigenvalue weighted by Crippen LogP contribution is -2.64. The summed E-state index contributed by atoms with van der Waals surface area (Å²) in [5, 5.41) is 0. The standard InChI is InChI=1S/C13H14O2/c14-9-12-6-13(7-12,8-12)10-15-11-4-2-1-3-5-11/h1-5,9H,6-8,10H2. The summed E-state index contributed by atoms with van der Waals surface area (Å²) < 4.78 is 5.72. The molecule has 0 saturated heterocycles. The molecule has 2 nitrogen and oxygen atoms in total. The predicted octanol–water partition coefficient (Wildman–Crippen LogP) is 2.43. The molecule has 0 amide bonds. The molecule has 0 heterocycles. The van der Waals surface area contributed by atoms with Crippen LogP contribution in [0.1, 0.15) is 19.3 Å². The summed E-state index contributed by atoms with van der Waals surface area (Å²) in [6.45, 7) is 0.770. The van der Waals surface area contributed by atoms with E-state index >= 15 is 0 Å². The van der Waals surface area contributed by atoms with Gasteiger partial charge in [0.25, 0.3) is 0 Å². The molecule has 2 bridgehead atoms. The van der Waals surface area contributed by atoms with E-state index < -0.39 is 0 Å². The van der Waals surface area contributed by atoms with Gasteiger partial charge in [0.15, 0.2) is 0 Å². The van der Waals surface area contributed by atoms with Gasteiger partial charge in [0.2, 0.25) is 0 Å². The largest absolute Gasteiger partial charge is 0.493 e. The first-order valence-electron chi connectivity index (χ1n) is 5.40. The van der Waals surface area contributed by atoms with Crippen LogP contribution in [0, 0.1) is 10.8 Å². The number of ether oxygens (including phenoxy) is 1. The Morgan fingerprint density at radius 2 is 1.87 bits per heavy atom. The molecular formula is C13H14O2. The van der Waals surface area contributed by atoms with E-state index in [1.54, 1.807) is 0 Å². The third-order valence-electron chi connectivity index (χ3n) is 3.72. The van der Waals surface area contributed by atoms with Crippen molar-refractivity contribution in [1.29, 1.82) is 0 Å². The Morgan fingerprint density at radius 3 is 2.47 bits per heavy atom. The highest BCUT2D eigenvalue weighted by molar-refractivity contribution is 5.66. The quantitative estimate of drug-likeness (QED) is 0.701. The Balaban J connectivity index is 1.55. The van der Waals surface area contributed by atoms with Gasteiger partial charge in [0.05, 0.1) is 6.61 Å². The third-order valence-corrected chi connectivity index (χ3v) is 3.72. The van der Waals surface area contributed by atoms with Gasteiger partial charge in [0.1, 0.15) is 12.0 Å². The van der Waals surface area contributed by atoms with Crippen molar-refractivity contribution < 1.29 is 9.53 Å². The second-order valence-corrected chi connectivity index (χ2v) is 5.11. The second kappa shape index (κ2) is 2.84. The van der Waals surface area contributed by atoms with Gasteiger partial charge in [-0.15, -0.1) is 0 Å². The Hall–Kier alpha value is -1.31. The Kier molecular flexibility index (Phi) is 1.70. The number of rotatable bonds is 4. The first-order valence-corrected chi connectivity index (χ1v) is 5.40. The lowest BCUT2D eigenvalue weighted by atomic mass is 9.36. The zero-order valence-electron chi connectivity index (χ0n) is 8.61. The summed E-state index contributed by atoms with van der Waals surface area (Å²) in [4.78, 5) is 10.7. The van der Waals surface area contributed by atoms with Gasteiger partial charge in [0, 0.05) is 10.8 Å². The predicted molar refractivity (Wildman–Crippen MR) is 56.7 cm³/mol. The molecule has 0 aliphatic heterocycles. The average Bonchev–Trinajstić information content (AvgIpc) is 2.16. The van der Waals surface area contributed by atoms with Crippen molar-refractivity contribution in [3.8, 4) is 5.75 Å². The molecule has 0 radical (unpaired) electrons. The SMILES string of the molecule is O=CC12CC(COc3ccccc3)(C1)C2. The van der Waals surface area contributed by atoms with Gasteiger partial charge in [-0.3, -0.25) is 0 Å². The van der Waals surface area contributed by atoms with Crippen molar-refractivity contribution in [1.82, 2.24) is 0 Å². The molecule has 4 rings (SSSR count). The minimum absolute atomic E-state index is 0.0556. The van der Waals surface area contributed by atoms with Crippen LogP contribution in [0.4, 0.5) is 0 Å². The highest BCUT2D eigenvalue weighted by atomic mass is 16.5. The molecule has 1 aromatic rings. The maximum absolute atomic E-state index is 10.7. The van der Waals surface area contributed by atoms with Gasteiger partial charge in [-0.2, -0.15) is 0 Å². The van der Waals surface area contributed by atoms with E-state index in [1.807, 2.05) is 30.3 Å². The van der Waals surface area contributed by atoms with E-state index in [0.717, 1.165) is 37.9 Å². The summed E-state index contributed by atoms with van der Waals surface area (Å²) in [6, 6.07) is 9.88. The Morgan fingerprint density at radius 1 is 1.20 bits per heavy atom. The normalized spacial score (nSPS) is 36.3. The van der Waals surface area contributed by atoms with Crippen LogP contribution >= 0.6 is 0 Å². The van der Waals surface area contributed by atoms with Crippen LogP contribution in [0.15, 0.2) is 30.3 Å². The van der Waals surface area contributed by atoms with E-state index in [9.17, 15) is 4.79 Å². The fourth-order valence-electron chi connectivity index (χ4n) is 3.12. The van der Waals surface area contributed by atoms with Crippen LogP contribution in [-0.4, -0.2) is 12.9 Å². The number of hydrogen-bond donors (Lipinski definition) is 0. The number of carbonyl (C=O) groups is 1. The topological polar surface area (TPSA) is 26.3 Å². The third kappa shape index (κ3) is 1.28. The molecule has 3 fully saturated rings. The van der Waals surface area contributed by atoms with Gasteiger partial charge in [-0.05, 0) is 31.4 Å². The number of benzene rings is 1. The fraction of sp³-hybridized carbons (Fsp3) is 0.462. The van der Waals surface area contributed by atoms with Crippen LogP contribution in [0.3, 0.4) is 0 Å². The first kappa shape index (κ1) is 8.96. The smallest absolute Gasteiger partial charge is 0.126 e. The van der Waals surface area contributed by atoms with Crippen molar-refractivity contribution in [3.63, 3.8) is 0 Å². The molecule has 0 spiro atoms. The number of para-hydroxylation sites is 1. The summed E-state index contributed by atoms with van der Waals surface area (Å²) in [5.74, 6) is 0.933. The average molecular weight is 202 g/mol. The molecule has 0 aromatic heterocycles. The van der Waals surface area contributed by atoms with E-state index in [2.05, 4.69) is 0 Å². The van der Waals surface area contributed by atoms with Crippen LogP contribution in [0.5, 0.6) is 5.75 Å². The maximum Gasteiger partial charge on any atom is 0.126 e. The van der Waals surface area contributed by atoms with Crippen LogP contribution in [0.25, 0.3) is 0 Å². The summed E-state index contributed by atoms with van der Waals surface area (Å²) in [6.07, 6.45) is 4.25. The van der Waals surface area contributed by atoms with E-state index in [1.165, 1.54) is 0 Å². The van der Waals surface area contributed by atoms with Crippen molar-refractivity contribution in [3.05, 3.63) is 30.3 Å². The molecule has 2 heteroatoms. The summed E-state index contributed by atoms with van der Waals surface area (Å²) >= 11 is 0. The van der Waals surface area contributed by atoms with Gasteiger partial charge >= 0.3 is 0 Å². The van der Waals surface area contributed by atoms with Crippen molar-refractivity contribution in [2.75, 3.05) is 6.61 Å². The Labute approximate surface area is 89.2 Å². The lowest BCUT2D eigenvalue weighted by Gasteiger charge is -2.67. The molecule has 0 N–H and O–H groups in total. The lowest BCUT2D eigenvalue weighted by molar-refractivity contribution is -0.205. The molecule has 0 unspecified atom stereocenters. The fourth-order valence-corrected chi connectivity index (χ4v) is 3.12. The zero-order valence-corrected chi connectivity index (χ0v) is 8.61. The first-order chi connectivity index (χ1) is 7.26. The van der Waals surface area contributed by atoms with Crippen LogP contribution in [-0.2, 0) is 4.79 Å². The van der Waals surface area contributed by atoms with Gasteiger partial charge < -0.3 is 9.53 Å². The highest BCUT2D eigenvalue weighted by Gasteiger charge is 2.68. The number of aldehydes is 1. The zero-order chi connectivity index (χ0) is 10.4. The summed E-state index contributed by atoms with van der Waals surface area (Å²) in [7, 11) is 0. The van der Waals surface area contributed by atoms with E-state index in [0.29, 0.717) is 5.41 Å². The number of carbonyl (C=O) groups excluding carboxylic acids is 1. The molecule has 3 aliphatic carbocycles. The molecule has 78 valence electrons. The minimum atomic E-state index is 0.0556. The van der Waals surface area contributed by atoms with Crippen molar-refractivity contribution in [2.24, 2.45) is 10.8 Å². The second-order valence-electron chi connectivity index (χ2n) is 5.11. The van der Waals surface area contributed by atoms with Gasteiger partial charge in [-0.1, -0.05) is 18.2 Å². The number of hydrogen-bond acceptors (Lipinski definition) is 2. The van der Waals surface area contributed by atoms with Crippen molar-refractivity contribution in [2.45, 2.75) is 19.3 Å². The molecule has 0 atom stereocenters. The molecular weight excluding hydrogens is 188 g/mol. The summed E-state index contributed by atoms with van der Waals surface area (Å²) in [5.41, 5.74) is 0.386. The highest BCUT2D eigenvalue weighted by Crippen LogP contribution is 2.72. The molecule has 1 aromatic carbocycles. The Bertz CT molecular complexity index is 363. The van der Waals surface area contributed by atoms with Crippen molar-refractivity contribution >= 4 is 6.29 Å². The molecule has 3 saturated carbocycles. The van der Waals surface area contributed by atoms with E-state index in [4.69, 9.17) is 4.74 Å². The maximum atomic E-state index is 10.7. The monoisotopic (exact) mass is 202 g/mol. The minimum Gasteiger partial charge on any atom is -0.493 e. The van der Waals surface area contributed by atoms with Crippen LogP contribution < -0.4 is 4.74 Å². The van der Waals surface area contributed by atoms with Crippen LogP contribution in [0.2, 0.25) is 0 Å². The van der Waals surface area contributed by atoms with E-state index in [-0.39, 0.29) is 5.41 Å². The van der Waals surface area contributed by atoms with Gasteiger partial charge in [-0.25, -0.2) is 0 Å². The molecule has 15 heavy (non-hydrogen) atoms. The molecule has 3 aliphatic rings.